The van der Waals surface area contributed by atoms with Crippen molar-refractivity contribution >= 4 is 49.3 Å². The van der Waals surface area contributed by atoms with Crippen LogP contribution in [0.4, 0.5) is 14.5 Å². The second-order valence-electron chi connectivity index (χ2n) is 8.12. The van der Waals surface area contributed by atoms with E-state index in [0.717, 1.165) is 68.8 Å². The monoisotopic (exact) mass is 422 g/mol. The van der Waals surface area contributed by atoms with Crippen LogP contribution in [0.5, 0.6) is 5.75 Å². The number of benzene rings is 3. The average Bonchev–Trinajstić information content (AvgIpc) is 3.28. The maximum atomic E-state index is 14.2. The molecule has 0 atom stereocenters. The molecule has 0 spiro atoms. The van der Waals surface area contributed by atoms with E-state index in [4.69, 9.17) is 4.74 Å². The first-order valence-corrected chi connectivity index (χ1v) is 10.3. The minimum atomic E-state index is -0.309. The lowest BCUT2D eigenvalue weighted by molar-refractivity contribution is 0.405. The van der Waals surface area contributed by atoms with Crippen LogP contribution in [0.1, 0.15) is 6.42 Å². The number of aromatic amines is 2. The van der Waals surface area contributed by atoms with Gasteiger partial charge < -0.3 is 24.9 Å². The number of H-pyrrole nitrogens is 2. The Morgan fingerprint density at radius 2 is 1.45 bits per heavy atom. The van der Waals surface area contributed by atoms with E-state index in [1.807, 2.05) is 14.1 Å². The molecule has 2 aromatic heterocycles. The van der Waals surface area contributed by atoms with Crippen molar-refractivity contribution in [3.05, 3.63) is 48.0 Å². The summed E-state index contributed by atoms with van der Waals surface area (Å²) in [5.41, 5.74) is 4.03. The molecule has 160 valence electrons. The Morgan fingerprint density at radius 3 is 1.94 bits per heavy atom. The molecule has 0 aliphatic rings. The van der Waals surface area contributed by atoms with Crippen LogP contribution >= 0.6 is 0 Å². The highest BCUT2D eigenvalue weighted by Crippen LogP contribution is 2.46. The summed E-state index contributed by atoms with van der Waals surface area (Å²) in [6.07, 6.45) is 0.926. The van der Waals surface area contributed by atoms with Crippen molar-refractivity contribution in [2.24, 2.45) is 0 Å². The Balaban J connectivity index is 1.88. The van der Waals surface area contributed by atoms with Gasteiger partial charge in [-0.15, -0.1) is 0 Å². The van der Waals surface area contributed by atoms with Crippen molar-refractivity contribution in [1.29, 1.82) is 0 Å². The summed E-state index contributed by atoms with van der Waals surface area (Å²) in [7, 11) is 5.68. The van der Waals surface area contributed by atoms with Crippen molar-refractivity contribution in [3.63, 3.8) is 0 Å². The fraction of sp³-hybridized carbons (Fsp3) is 0.250. The molecule has 0 saturated heterocycles. The van der Waals surface area contributed by atoms with Crippen molar-refractivity contribution in [1.82, 2.24) is 14.9 Å². The molecule has 0 amide bonds. The molecule has 3 aromatic carbocycles. The predicted octanol–water partition coefficient (Wildman–Crippen LogP) is 5.61. The number of nitrogens with one attached hydrogen (secondary N) is 3. The van der Waals surface area contributed by atoms with Crippen molar-refractivity contribution in [2.75, 3.05) is 39.6 Å². The number of methoxy groups -OCH3 is 1. The highest BCUT2D eigenvalue weighted by atomic mass is 19.1. The van der Waals surface area contributed by atoms with Gasteiger partial charge in [-0.1, -0.05) is 0 Å². The fourth-order valence-electron chi connectivity index (χ4n) is 4.43. The molecule has 5 aromatic rings. The molecular formula is C24H24F2N4O. The normalized spacial score (nSPS) is 12.1. The number of ether oxygens (including phenoxy) is 1. The van der Waals surface area contributed by atoms with Crippen LogP contribution in [-0.4, -0.2) is 49.2 Å². The number of halogens is 2. The molecule has 0 bridgehead atoms. The van der Waals surface area contributed by atoms with Crippen LogP contribution in [0.2, 0.25) is 0 Å². The van der Waals surface area contributed by atoms with Crippen LogP contribution < -0.4 is 10.1 Å². The maximum Gasteiger partial charge on any atom is 0.167 e. The second kappa shape index (κ2) is 7.42. The molecule has 0 radical (unpaired) electrons. The van der Waals surface area contributed by atoms with Crippen molar-refractivity contribution in [2.45, 2.75) is 6.42 Å². The first-order chi connectivity index (χ1) is 15.0. The lowest BCUT2D eigenvalue weighted by atomic mass is 10.0. The summed E-state index contributed by atoms with van der Waals surface area (Å²) >= 11 is 0. The lowest BCUT2D eigenvalue weighted by Crippen LogP contribution is -2.16. The van der Waals surface area contributed by atoms with Crippen LogP contribution in [0.15, 0.2) is 36.4 Å². The zero-order valence-electron chi connectivity index (χ0n) is 17.7. The van der Waals surface area contributed by atoms with Crippen LogP contribution in [0.3, 0.4) is 0 Å². The van der Waals surface area contributed by atoms with Crippen LogP contribution in [0.25, 0.3) is 43.6 Å². The summed E-state index contributed by atoms with van der Waals surface area (Å²) in [5.74, 6) is 0.00374. The summed E-state index contributed by atoms with van der Waals surface area (Å²) in [6, 6.07) is 9.38. The second-order valence-corrected chi connectivity index (χ2v) is 8.12. The van der Waals surface area contributed by atoms with Crippen LogP contribution in [0, 0.1) is 11.6 Å². The number of nitrogens with zero attached hydrogens (tertiary/aromatic N) is 1. The van der Waals surface area contributed by atoms with Gasteiger partial charge in [-0.3, -0.25) is 0 Å². The van der Waals surface area contributed by atoms with Gasteiger partial charge in [0.1, 0.15) is 11.6 Å². The molecule has 5 rings (SSSR count). The van der Waals surface area contributed by atoms with E-state index in [0.29, 0.717) is 5.75 Å². The quantitative estimate of drug-likeness (QED) is 0.312. The Hall–Kier alpha value is -3.32. The number of anilines is 1. The third-order valence-corrected chi connectivity index (χ3v) is 5.76. The summed E-state index contributed by atoms with van der Waals surface area (Å²) in [6.45, 7) is 1.65. The minimum Gasteiger partial charge on any atom is -0.492 e. The minimum absolute atomic E-state index is 0.309. The predicted molar refractivity (Wildman–Crippen MR) is 123 cm³/mol. The van der Waals surface area contributed by atoms with E-state index in [2.05, 4.69) is 20.2 Å². The highest BCUT2D eigenvalue weighted by molar-refractivity contribution is 6.29. The maximum absolute atomic E-state index is 14.2. The Labute approximate surface area is 178 Å². The summed E-state index contributed by atoms with van der Waals surface area (Å²) in [4.78, 5) is 8.90. The van der Waals surface area contributed by atoms with Gasteiger partial charge in [-0.2, -0.15) is 0 Å². The number of hydrogen-bond donors (Lipinski definition) is 3. The Morgan fingerprint density at radius 1 is 0.903 bits per heavy atom. The van der Waals surface area contributed by atoms with E-state index in [9.17, 15) is 8.78 Å². The fourth-order valence-corrected chi connectivity index (χ4v) is 4.43. The average molecular weight is 422 g/mol. The molecule has 0 aliphatic heterocycles. The van der Waals surface area contributed by atoms with Crippen molar-refractivity contribution in [3.8, 4) is 5.75 Å². The number of rotatable bonds is 6. The van der Waals surface area contributed by atoms with E-state index in [-0.39, 0.29) is 11.6 Å². The van der Waals surface area contributed by atoms with Gasteiger partial charge in [0.25, 0.3) is 0 Å². The van der Waals surface area contributed by atoms with Gasteiger partial charge >= 0.3 is 0 Å². The Bertz CT molecular complexity index is 1340. The molecule has 3 N–H and O–H groups in total. The highest BCUT2D eigenvalue weighted by Gasteiger charge is 2.22. The first kappa shape index (κ1) is 19.6. The van der Waals surface area contributed by atoms with Gasteiger partial charge in [0.2, 0.25) is 0 Å². The third kappa shape index (κ3) is 3.16. The smallest absolute Gasteiger partial charge is 0.167 e. The molecule has 0 unspecified atom stereocenters. The molecule has 5 nitrogen and oxygen atoms in total. The van der Waals surface area contributed by atoms with E-state index < -0.39 is 0 Å². The SMILES string of the molecule is COc1c2[nH]c3ccc(F)cc3c2c(NCCCN(C)C)c2c1[nH]c1ccc(F)cc12. The third-order valence-electron chi connectivity index (χ3n) is 5.76. The van der Waals surface area contributed by atoms with Gasteiger partial charge in [-0.05, 0) is 63.5 Å². The molecule has 0 aliphatic carbocycles. The molecule has 0 fully saturated rings. The molecule has 7 heteroatoms. The summed E-state index contributed by atoms with van der Waals surface area (Å²) < 4.78 is 34.2. The van der Waals surface area contributed by atoms with Gasteiger partial charge in [0.05, 0.1) is 23.8 Å². The van der Waals surface area contributed by atoms with Crippen molar-refractivity contribution < 1.29 is 13.5 Å². The molecular weight excluding hydrogens is 398 g/mol. The number of hydrogen-bond acceptors (Lipinski definition) is 3. The van der Waals surface area contributed by atoms with E-state index in [1.54, 1.807) is 19.2 Å². The zero-order valence-corrected chi connectivity index (χ0v) is 17.7. The molecule has 31 heavy (non-hydrogen) atoms. The molecule has 0 saturated carbocycles. The standard InChI is InChI=1S/C24H24F2N4O/c1-30(2)10-4-9-27-21-19-15-11-13(25)5-7-17(15)28-22(19)24(31-3)23-20(21)16-12-14(26)6-8-18(16)29-23/h5-8,11-12,27-29H,4,9-10H2,1-3H3. The lowest BCUT2D eigenvalue weighted by Gasteiger charge is -2.15. The Kier molecular flexibility index (Phi) is 4.70. The number of aromatic nitrogens is 2. The van der Waals surface area contributed by atoms with Crippen LogP contribution in [-0.2, 0) is 0 Å². The first-order valence-electron chi connectivity index (χ1n) is 10.3. The topological polar surface area (TPSA) is 56.1 Å². The number of fused-ring (bicyclic) bond motifs is 6. The van der Waals surface area contributed by atoms with Gasteiger partial charge in [0.15, 0.2) is 5.75 Å². The largest absolute Gasteiger partial charge is 0.492 e. The van der Waals surface area contributed by atoms with Gasteiger partial charge in [0, 0.05) is 39.1 Å². The summed E-state index contributed by atoms with van der Waals surface area (Å²) in [5, 5.41) is 6.77. The van der Waals surface area contributed by atoms with E-state index in [1.165, 1.54) is 24.3 Å². The molecule has 2 heterocycles. The van der Waals surface area contributed by atoms with E-state index >= 15 is 0 Å². The van der Waals surface area contributed by atoms with Gasteiger partial charge in [-0.25, -0.2) is 8.78 Å². The zero-order chi connectivity index (χ0) is 21.7.